The summed E-state index contributed by atoms with van der Waals surface area (Å²) in [5.74, 6) is 1.01. The first-order chi connectivity index (χ1) is 11.6. The number of amides is 2. The van der Waals surface area contributed by atoms with Crippen LogP contribution in [-0.4, -0.2) is 29.3 Å². The fraction of sp³-hybridized carbons (Fsp3) is 0.375. The zero-order valence-corrected chi connectivity index (χ0v) is 13.5. The molecule has 24 heavy (non-hydrogen) atoms. The Morgan fingerprint density at radius 2 is 2.17 bits per heavy atom. The number of carbonyl (C=O) groups is 2. The van der Waals surface area contributed by atoms with Gasteiger partial charge in [-0.15, -0.1) is 0 Å². The van der Waals surface area contributed by atoms with E-state index >= 15 is 0 Å². The Morgan fingerprint density at radius 3 is 2.88 bits per heavy atom. The van der Waals surface area contributed by atoms with Gasteiger partial charge in [0.05, 0.1) is 19.2 Å². The van der Waals surface area contributed by atoms with Crippen molar-refractivity contribution in [2.75, 3.05) is 12.4 Å². The number of hydrogen-bond acceptors (Lipinski definition) is 6. The summed E-state index contributed by atoms with van der Waals surface area (Å²) in [6.45, 7) is 1.97. The summed E-state index contributed by atoms with van der Waals surface area (Å²) in [6, 6.07) is 4.52. The quantitative estimate of drug-likeness (QED) is 0.815. The minimum atomic E-state index is -0.461. The van der Waals surface area contributed by atoms with E-state index in [4.69, 9.17) is 4.52 Å². The Balaban J connectivity index is 1.58. The van der Waals surface area contributed by atoms with Gasteiger partial charge in [-0.05, 0) is 37.5 Å². The number of hydrogen-bond donors (Lipinski definition) is 2. The number of aromatic nitrogens is 2. The summed E-state index contributed by atoms with van der Waals surface area (Å²) in [5, 5.41) is 9.23. The first-order valence-electron chi connectivity index (χ1n) is 7.63. The largest absolute Gasteiger partial charge is 0.465 e. The van der Waals surface area contributed by atoms with Crippen molar-refractivity contribution < 1.29 is 18.8 Å². The monoisotopic (exact) mass is 330 g/mol. The molecule has 8 heteroatoms. The third kappa shape index (κ3) is 3.70. The van der Waals surface area contributed by atoms with Crippen LogP contribution in [0, 0.1) is 6.92 Å². The minimum absolute atomic E-state index is 0.140. The van der Waals surface area contributed by atoms with E-state index in [-0.39, 0.29) is 6.54 Å². The van der Waals surface area contributed by atoms with E-state index in [1.165, 1.54) is 7.11 Å². The molecule has 0 spiro atoms. The number of nitrogens with zero attached hydrogens (tertiary/aromatic N) is 2. The highest BCUT2D eigenvalue weighted by atomic mass is 16.5. The fourth-order valence-electron chi connectivity index (χ4n) is 2.17. The summed E-state index contributed by atoms with van der Waals surface area (Å²) in [7, 11) is 1.31. The second-order valence-corrected chi connectivity index (χ2v) is 5.65. The van der Waals surface area contributed by atoms with Crippen LogP contribution in [0.4, 0.5) is 10.5 Å². The van der Waals surface area contributed by atoms with Gasteiger partial charge in [0.25, 0.3) is 0 Å². The van der Waals surface area contributed by atoms with E-state index < -0.39 is 12.0 Å². The molecule has 3 rings (SSSR count). The number of anilines is 1. The Labute approximate surface area is 138 Å². The van der Waals surface area contributed by atoms with E-state index in [9.17, 15) is 9.59 Å². The van der Waals surface area contributed by atoms with Crippen LogP contribution >= 0.6 is 0 Å². The van der Waals surface area contributed by atoms with E-state index in [1.54, 1.807) is 18.2 Å². The summed E-state index contributed by atoms with van der Waals surface area (Å²) < 4.78 is 9.76. The number of nitrogens with one attached hydrogen (secondary N) is 2. The van der Waals surface area contributed by atoms with Gasteiger partial charge in [-0.2, -0.15) is 4.98 Å². The molecular formula is C16H18N4O4. The second-order valence-electron chi connectivity index (χ2n) is 5.65. The van der Waals surface area contributed by atoms with Crippen LogP contribution in [0.3, 0.4) is 0 Å². The molecule has 1 aliphatic carbocycles. The van der Waals surface area contributed by atoms with Crippen molar-refractivity contribution in [2.24, 2.45) is 0 Å². The average molecular weight is 330 g/mol. The van der Waals surface area contributed by atoms with E-state index in [2.05, 4.69) is 25.5 Å². The highest BCUT2D eigenvalue weighted by Crippen LogP contribution is 2.38. The van der Waals surface area contributed by atoms with Gasteiger partial charge >= 0.3 is 12.0 Å². The first kappa shape index (κ1) is 16.0. The molecule has 0 unspecified atom stereocenters. The lowest BCUT2D eigenvalue weighted by Crippen LogP contribution is -2.28. The molecule has 1 aliphatic rings. The number of urea groups is 1. The van der Waals surface area contributed by atoms with Crippen molar-refractivity contribution in [1.82, 2.24) is 15.5 Å². The standard InChI is InChI=1S/C16H18N4O4/c1-9-3-4-11(15(21)23-2)7-12(9)18-16(22)17-8-13-19-14(20-24-13)10-5-6-10/h3-4,7,10H,5-6,8H2,1-2H3,(H2,17,18,22). The molecule has 2 N–H and O–H groups in total. The highest BCUT2D eigenvalue weighted by molar-refractivity contribution is 5.94. The van der Waals surface area contributed by atoms with Gasteiger partial charge in [0, 0.05) is 11.6 Å². The molecule has 1 fully saturated rings. The molecular weight excluding hydrogens is 312 g/mol. The van der Waals surface area contributed by atoms with Gasteiger partial charge in [-0.1, -0.05) is 11.2 Å². The van der Waals surface area contributed by atoms with E-state index in [1.807, 2.05) is 6.92 Å². The smallest absolute Gasteiger partial charge is 0.337 e. The average Bonchev–Trinajstić information content (AvgIpc) is 3.33. The number of carbonyl (C=O) groups excluding carboxylic acids is 2. The predicted molar refractivity (Wildman–Crippen MR) is 84.6 cm³/mol. The maximum absolute atomic E-state index is 12.0. The molecule has 0 bridgehead atoms. The zero-order chi connectivity index (χ0) is 17.1. The second kappa shape index (κ2) is 6.69. The molecule has 2 amide bonds. The molecule has 1 aromatic heterocycles. The van der Waals surface area contributed by atoms with Crippen LogP contribution in [0.5, 0.6) is 0 Å². The van der Waals surface area contributed by atoms with Gasteiger partial charge in [0.15, 0.2) is 5.82 Å². The van der Waals surface area contributed by atoms with Crippen LogP contribution < -0.4 is 10.6 Å². The number of benzene rings is 1. The fourth-order valence-corrected chi connectivity index (χ4v) is 2.17. The van der Waals surface area contributed by atoms with Gasteiger partial charge in [0.2, 0.25) is 5.89 Å². The van der Waals surface area contributed by atoms with Crippen LogP contribution in [-0.2, 0) is 11.3 Å². The van der Waals surface area contributed by atoms with Crippen molar-refractivity contribution in [2.45, 2.75) is 32.2 Å². The summed E-state index contributed by atoms with van der Waals surface area (Å²) in [4.78, 5) is 27.8. The maximum atomic E-state index is 12.0. The van der Waals surface area contributed by atoms with Crippen molar-refractivity contribution in [3.8, 4) is 0 Å². The van der Waals surface area contributed by atoms with Crippen LogP contribution in [0.25, 0.3) is 0 Å². The van der Waals surface area contributed by atoms with Crippen molar-refractivity contribution >= 4 is 17.7 Å². The lowest BCUT2D eigenvalue weighted by molar-refractivity contribution is 0.0600. The number of rotatable bonds is 5. The van der Waals surface area contributed by atoms with E-state index in [0.29, 0.717) is 28.9 Å². The number of aryl methyl sites for hydroxylation is 1. The maximum Gasteiger partial charge on any atom is 0.337 e. The first-order valence-corrected chi connectivity index (χ1v) is 7.63. The van der Waals surface area contributed by atoms with Gasteiger partial charge < -0.3 is 19.9 Å². The summed E-state index contributed by atoms with van der Waals surface area (Å²) in [6.07, 6.45) is 2.17. The van der Waals surface area contributed by atoms with Crippen LogP contribution in [0.15, 0.2) is 22.7 Å². The molecule has 8 nitrogen and oxygen atoms in total. The molecule has 0 radical (unpaired) electrons. The Kier molecular flexibility index (Phi) is 4.45. The molecule has 1 heterocycles. The van der Waals surface area contributed by atoms with Crippen molar-refractivity contribution in [1.29, 1.82) is 0 Å². The molecule has 0 aliphatic heterocycles. The van der Waals surface area contributed by atoms with E-state index in [0.717, 1.165) is 18.4 Å². The summed E-state index contributed by atoms with van der Waals surface area (Å²) >= 11 is 0. The lowest BCUT2D eigenvalue weighted by atomic mass is 10.1. The predicted octanol–water partition coefficient (Wildman–Crippen LogP) is 2.36. The molecule has 1 aromatic carbocycles. The minimum Gasteiger partial charge on any atom is -0.465 e. The van der Waals surface area contributed by atoms with Crippen LogP contribution in [0.2, 0.25) is 0 Å². The van der Waals surface area contributed by atoms with Crippen molar-refractivity contribution in [3.63, 3.8) is 0 Å². The normalized spacial score (nSPS) is 13.4. The Bertz CT molecular complexity index is 767. The third-order valence-electron chi connectivity index (χ3n) is 3.73. The molecule has 2 aromatic rings. The third-order valence-corrected chi connectivity index (χ3v) is 3.73. The van der Waals surface area contributed by atoms with Gasteiger partial charge in [-0.25, -0.2) is 9.59 Å². The Hall–Kier alpha value is -2.90. The zero-order valence-electron chi connectivity index (χ0n) is 13.5. The van der Waals surface area contributed by atoms with Gasteiger partial charge in [-0.3, -0.25) is 0 Å². The lowest BCUT2D eigenvalue weighted by Gasteiger charge is -2.10. The SMILES string of the molecule is COC(=O)c1ccc(C)c(NC(=O)NCc2nc(C3CC3)no2)c1. The topological polar surface area (TPSA) is 106 Å². The number of esters is 1. The molecule has 1 saturated carbocycles. The summed E-state index contributed by atoms with van der Waals surface area (Å²) in [5.41, 5.74) is 1.72. The number of ether oxygens (including phenoxy) is 1. The van der Waals surface area contributed by atoms with Gasteiger partial charge in [0.1, 0.15) is 0 Å². The molecule has 126 valence electrons. The molecule has 0 saturated heterocycles. The van der Waals surface area contributed by atoms with Crippen LogP contribution in [0.1, 0.15) is 46.4 Å². The molecule has 0 atom stereocenters. The highest BCUT2D eigenvalue weighted by Gasteiger charge is 2.28. The Morgan fingerprint density at radius 1 is 1.38 bits per heavy atom. The van der Waals surface area contributed by atoms with Crippen molar-refractivity contribution in [3.05, 3.63) is 41.0 Å². The number of methoxy groups -OCH3 is 1.